The standard InChI is InChI=1S/C16H16BrN3O2S/c1-22-10-4-2-9(3-5-10)20-8-19-13-12-11(17)6-7-18-15(12)23-14(13)16(20)21/h6-10H,2-5H2,1H3. The molecule has 0 amide bonds. The summed E-state index contributed by atoms with van der Waals surface area (Å²) >= 11 is 4.96. The topological polar surface area (TPSA) is 57.0 Å². The van der Waals surface area contributed by atoms with Crippen LogP contribution in [-0.2, 0) is 4.74 Å². The molecule has 23 heavy (non-hydrogen) atoms. The van der Waals surface area contributed by atoms with Gasteiger partial charge in [-0.1, -0.05) is 0 Å². The van der Waals surface area contributed by atoms with Crippen LogP contribution in [-0.4, -0.2) is 27.7 Å². The molecule has 3 aromatic heterocycles. The van der Waals surface area contributed by atoms with E-state index in [0.717, 1.165) is 45.9 Å². The Kier molecular flexibility index (Phi) is 3.95. The first-order chi connectivity index (χ1) is 11.2. The van der Waals surface area contributed by atoms with E-state index in [2.05, 4.69) is 25.9 Å². The summed E-state index contributed by atoms with van der Waals surface area (Å²) < 4.78 is 8.84. The van der Waals surface area contributed by atoms with Crippen LogP contribution in [0.15, 0.2) is 27.9 Å². The Morgan fingerprint density at radius 1 is 1.30 bits per heavy atom. The van der Waals surface area contributed by atoms with Gasteiger partial charge in [-0.2, -0.15) is 0 Å². The van der Waals surface area contributed by atoms with E-state index < -0.39 is 0 Å². The minimum atomic E-state index is 0.0470. The van der Waals surface area contributed by atoms with Gasteiger partial charge in [0.2, 0.25) is 0 Å². The third-order valence-corrected chi connectivity index (χ3v) is 6.36. The fraction of sp³-hybridized carbons (Fsp3) is 0.438. The number of hydrogen-bond donors (Lipinski definition) is 0. The van der Waals surface area contributed by atoms with Gasteiger partial charge in [-0.25, -0.2) is 9.97 Å². The summed E-state index contributed by atoms with van der Waals surface area (Å²) in [6, 6.07) is 2.10. The van der Waals surface area contributed by atoms with Gasteiger partial charge in [0.15, 0.2) is 0 Å². The molecular formula is C16H16BrN3O2S. The highest BCUT2D eigenvalue weighted by Gasteiger charge is 2.24. The zero-order chi connectivity index (χ0) is 16.0. The van der Waals surface area contributed by atoms with Crippen LogP contribution in [0.3, 0.4) is 0 Å². The highest BCUT2D eigenvalue weighted by Crippen LogP contribution is 2.35. The molecule has 0 saturated heterocycles. The average molecular weight is 394 g/mol. The second-order valence-corrected chi connectivity index (χ2v) is 7.73. The molecular weight excluding hydrogens is 378 g/mol. The van der Waals surface area contributed by atoms with Crippen molar-refractivity contribution >= 4 is 47.7 Å². The van der Waals surface area contributed by atoms with Crippen LogP contribution in [0.5, 0.6) is 0 Å². The lowest BCUT2D eigenvalue weighted by molar-refractivity contribution is 0.0579. The van der Waals surface area contributed by atoms with Crippen molar-refractivity contribution < 1.29 is 4.74 Å². The minimum Gasteiger partial charge on any atom is -0.381 e. The van der Waals surface area contributed by atoms with Gasteiger partial charge in [0.25, 0.3) is 5.56 Å². The van der Waals surface area contributed by atoms with Crippen LogP contribution in [0.25, 0.3) is 20.4 Å². The van der Waals surface area contributed by atoms with Crippen molar-refractivity contribution in [3.63, 3.8) is 0 Å². The highest BCUT2D eigenvalue weighted by atomic mass is 79.9. The average Bonchev–Trinajstić information content (AvgIpc) is 2.96. The summed E-state index contributed by atoms with van der Waals surface area (Å²) in [6.07, 6.45) is 7.66. The van der Waals surface area contributed by atoms with Crippen LogP contribution in [0, 0.1) is 0 Å². The molecule has 0 radical (unpaired) electrons. The van der Waals surface area contributed by atoms with Crippen LogP contribution < -0.4 is 5.56 Å². The zero-order valence-corrected chi connectivity index (χ0v) is 15.1. The largest absolute Gasteiger partial charge is 0.381 e. The molecule has 0 aromatic carbocycles. The summed E-state index contributed by atoms with van der Waals surface area (Å²) in [5.74, 6) is 0. The maximum absolute atomic E-state index is 12.9. The van der Waals surface area contributed by atoms with Crippen LogP contribution in [0.4, 0.5) is 0 Å². The van der Waals surface area contributed by atoms with E-state index in [4.69, 9.17) is 4.74 Å². The number of nitrogens with zero attached hydrogens (tertiary/aromatic N) is 3. The van der Waals surface area contributed by atoms with Crippen molar-refractivity contribution in [1.82, 2.24) is 14.5 Å². The molecule has 1 aliphatic rings. The predicted octanol–water partition coefficient (Wildman–Crippen LogP) is 3.90. The quantitative estimate of drug-likeness (QED) is 0.662. The Bertz CT molecular complexity index is 928. The Balaban J connectivity index is 1.81. The molecule has 0 atom stereocenters. The van der Waals surface area contributed by atoms with Gasteiger partial charge in [-0.15, -0.1) is 11.3 Å². The highest BCUT2D eigenvalue weighted by molar-refractivity contribution is 9.10. The number of rotatable bonds is 2. The lowest BCUT2D eigenvalue weighted by atomic mass is 9.93. The summed E-state index contributed by atoms with van der Waals surface area (Å²) in [7, 11) is 1.76. The van der Waals surface area contributed by atoms with Crippen molar-refractivity contribution in [3.05, 3.63) is 33.4 Å². The fourth-order valence-electron chi connectivity index (χ4n) is 3.35. The molecule has 0 bridgehead atoms. The second kappa shape index (κ2) is 5.96. The maximum atomic E-state index is 12.9. The van der Waals surface area contributed by atoms with Gasteiger partial charge in [-0.05, 0) is 47.7 Å². The molecule has 3 aromatic rings. The van der Waals surface area contributed by atoms with Crippen molar-refractivity contribution in [1.29, 1.82) is 0 Å². The molecule has 1 fully saturated rings. The number of halogens is 1. The van der Waals surface area contributed by atoms with E-state index in [-0.39, 0.29) is 11.6 Å². The number of aromatic nitrogens is 3. The van der Waals surface area contributed by atoms with Crippen molar-refractivity contribution in [2.24, 2.45) is 0 Å². The Morgan fingerprint density at radius 2 is 2.09 bits per heavy atom. The first-order valence-corrected chi connectivity index (χ1v) is 9.26. The fourth-order valence-corrected chi connectivity index (χ4v) is 5.03. The molecule has 1 saturated carbocycles. The van der Waals surface area contributed by atoms with Crippen molar-refractivity contribution in [2.45, 2.75) is 37.8 Å². The van der Waals surface area contributed by atoms with Gasteiger partial charge in [0, 0.05) is 23.8 Å². The molecule has 3 heterocycles. The van der Waals surface area contributed by atoms with E-state index in [1.807, 2.05) is 6.07 Å². The summed E-state index contributed by atoms with van der Waals surface area (Å²) in [5.41, 5.74) is 0.794. The molecule has 120 valence electrons. The van der Waals surface area contributed by atoms with E-state index in [1.165, 1.54) is 11.3 Å². The maximum Gasteiger partial charge on any atom is 0.271 e. The molecule has 4 rings (SSSR count). The second-order valence-electron chi connectivity index (χ2n) is 5.88. The van der Waals surface area contributed by atoms with E-state index in [0.29, 0.717) is 10.8 Å². The van der Waals surface area contributed by atoms with Gasteiger partial charge >= 0.3 is 0 Å². The minimum absolute atomic E-state index is 0.0470. The summed E-state index contributed by atoms with van der Waals surface area (Å²) in [5, 5.41) is 0.930. The van der Waals surface area contributed by atoms with E-state index in [1.54, 1.807) is 24.2 Å². The number of pyridine rings is 1. The summed E-state index contributed by atoms with van der Waals surface area (Å²) in [6.45, 7) is 0. The normalized spacial score (nSPS) is 22.0. The predicted molar refractivity (Wildman–Crippen MR) is 95.2 cm³/mol. The van der Waals surface area contributed by atoms with Crippen LogP contribution in [0.2, 0.25) is 0 Å². The molecule has 0 unspecified atom stereocenters. The van der Waals surface area contributed by atoms with Crippen LogP contribution >= 0.6 is 27.3 Å². The first kappa shape index (κ1) is 15.2. The van der Waals surface area contributed by atoms with Gasteiger partial charge in [0.05, 0.1) is 23.3 Å². The number of thiophene rings is 1. The Morgan fingerprint density at radius 3 is 2.83 bits per heavy atom. The van der Waals surface area contributed by atoms with Crippen LogP contribution in [0.1, 0.15) is 31.7 Å². The SMILES string of the molecule is COC1CCC(n2cnc3c(sc4nccc(Br)c43)c2=O)CC1. The van der Waals surface area contributed by atoms with Crippen molar-refractivity contribution in [3.8, 4) is 0 Å². The molecule has 0 N–H and O–H groups in total. The van der Waals surface area contributed by atoms with E-state index in [9.17, 15) is 4.79 Å². The third-order valence-electron chi connectivity index (χ3n) is 4.63. The lowest BCUT2D eigenvalue weighted by Crippen LogP contribution is -2.29. The Hall–Kier alpha value is -1.31. The molecule has 5 nitrogen and oxygen atoms in total. The lowest BCUT2D eigenvalue weighted by Gasteiger charge is -2.28. The van der Waals surface area contributed by atoms with Crippen molar-refractivity contribution in [2.75, 3.05) is 7.11 Å². The summed E-state index contributed by atoms with van der Waals surface area (Å²) in [4.78, 5) is 22.7. The molecule has 0 spiro atoms. The number of methoxy groups -OCH3 is 1. The Labute approximate surface area is 145 Å². The smallest absolute Gasteiger partial charge is 0.271 e. The number of fused-ring (bicyclic) bond motifs is 3. The van der Waals surface area contributed by atoms with E-state index >= 15 is 0 Å². The number of ether oxygens (including phenoxy) is 1. The van der Waals surface area contributed by atoms with Gasteiger partial charge in [0.1, 0.15) is 9.53 Å². The van der Waals surface area contributed by atoms with Gasteiger partial charge in [-0.3, -0.25) is 9.36 Å². The van der Waals surface area contributed by atoms with Gasteiger partial charge < -0.3 is 4.74 Å². The monoisotopic (exact) mass is 393 g/mol. The molecule has 0 aliphatic heterocycles. The first-order valence-electron chi connectivity index (χ1n) is 7.65. The third kappa shape index (κ3) is 2.51. The molecule has 7 heteroatoms. The molecule has 1 aliphatic carbocycles. The zero-order valence-electron chi connectivity index (χ0n) is 12.7. The number of hydrogen-bond acceptors (Lipinski definition) is 5.